The molecule has 0 aliphatic heterocycles. The maximum Gasteiger partial charge on any atom is 0.264 e. The number of ether oxygens (including phenoxy) is 2. The summed E-state index contributed by atoms with van der Waals surface area (Å²) in [6.45, 7) is 2.91. The van der Waals surface area contributed by atoms with E-state index in [1.165, 1.54) is 37.3 Å². The minimum absolute atomic E-state index is 0.00983. The predicted octanol–water partition coefficient (Wildman–Crippen LogP) is 6.77. The van der Waals surface area contributed by atoms with Crippen molar-refractivity contribution in [3.8, 4) is 11.5 Å². The number of hydrogen-bond acceptors (Lipinski definition) is 6. The Hall–Kier alpha value is -3.47. The quantitative estimate of drug-likeness (QED) is 0.212. The smallest absolute Gasteiger partial charge is 0.264 e. The third kappa shape index (κ3) is 8.27. The van der Waals surface area contributed by atoms with Crippen LogP contribution in [0.25, 0.3) is 0 Å². The van der Waals surface area contributed by atoms with E-state index in [4.69, 9.17) is 32.7 Å². The number of hydrogen-bond donors (Lipinski definition) is 1. The highest BCUT2D eigenvalue weighted by Gasteiger charge is 2.36. The molecule has 1 N–H and O–H groups in total. The highest BCUT2D eigenvalue weighted by Crippen LogP contribution is 2.36. The van der Waals surface area contributed by atoms with Crippen LogP contribution in [0.1, 0.15) is 56.6 Å². The van der Waals surface area contributed by atoms with Gasteiger partial charge in [0.2, 0.25) is 11.8 Å². The fourth-order valence-corrected chi connectivity index (χ4v) is 7.59. The van der Waals surface area contributed by atoms with Gasteiger partial charge in [0.15, 0.2) is 0 Å². The molecule has 1 saturated carbocycles. The van der Waals surface area contributed by atoms with Gasteiger partial charge in [0.25, 0.3) is 10.0 Å². The number of methoxy groups -OCH3 is 2. The zero-order valence-electron chi connectivity index (χ0n) is 26.6. The van der Waals surface area contributed by atoms with E-state index < -0.39 is 28.5 Å². The summed E-state index contributed by atoms with van der Waals surface area (Å²) in [4.78, 5) is 29.7. The second kappa shape index (κ2) is 15.9. The van der Waals surface area contributed by atoms with Gasteiger partial charge in [0, 0.05) is 34.3 Å². The SMILES string of the molecule is CCC(C(=O)NC1CCCCC1)N(Cc1c(Cl)cccc1Cl)C(=O)CN(c1cc(OC)ccc1OC)S(=O)(=O)c1ccc(C)cc1. The third-order valence-electron chi connectivity index (χ3n) is 8.27. The van der Waals surface area contributed by atoms with Gasteiger partial charge in [-0.1, -0.05) is 73.2 Å². The van der Waals surface area contributed by atoms with Crippen LogP contribution in [-0.2, 0) is 26.2 Å². The van der Waals surface area contributed by atoms with E-state index in [1.54, 1.807) is 42.5 Å². The number of nitrogens with zero attached hydrogens (tertiary/aromatic N) is 2. The Balaban J connectivity index is 1.80. The molecule has 12 heteroatoms. The lowest BCUT2D eigenvalue weighted by atomic mass is 9.95. The molecule has 1 fully saturated rings. The number of anilines is 1. The zero-order valence-corrected chi connectivity index (χ0v) is 28.9. The number of benzene rings is 3. The van der Waals surface area contributed by atoms with Crippen molar-refractivity contribution in [2.24, 2.45) is 0 Å². The van der Waals surface area contributed by atoms with Crippen LogP contribution < -0.4 is 19.1 Å². The first kappa shape index (κ1) is 35.4. The molecule has 1 aliphatic carbocycles. The molecule has 1 atom stereocenters. The molecule has 1 unspecified atom stereocenters. The van der Waals surface area contributed by atoms with E-state index in [9.17, 15) is 18.0 Å². The molecule has 248 valence electrons. The average Bonchev–Trinajstić information content (AvgIpc) is 3.05. The lowest BCUT2D eigenvalue weighted by Gasteiger charge is -2.35. The van der Waals surface area contributed by atoms with E-state index in [1.807, 2.05) is 13.8 Å². The van der Waals surface area contributed by atoms with Crippen molar-refractivity contribution < 1.29 is 27.5 Å². The molecular formula is C34H41Cl2N3O6S. The maximum atomic E-state index is 14.5. The van der Waals surface area contributed by atoms with Gasteiger partial charge in [0.1, 0.15) is 24.1 Å². The second-order valence-electron chi connectivity index (χ2n) is 11.4. The van der Waals surface area contributed by atoms with Gasteiger partial charge in [-0.05, 0) is 62.6 Å². The lowest BCUT2D eigenvalue weighted by Crippen LogP contribution is -2.54. The third-order valence-corrected chi connectivity index (χ3v) is 10.8. The second-order valence-corrected chi connectivity index (χ2v) is 14.0. The first-order valence-corrected chi connectivity index (χ1v) is 17.5. The van der Waals surface area contributed by atoms with Crippen molar-refractivity contribution in [2.75, 3.05) is 25.1 Å². The minimum atomic E-state index is -4.32. The van der Waals surface area contributed by atoms with Gasteiger partial charge < -0.3 is 19.7 Å². The fourth-order valence-electron chi connectivity index (χ4n) is 5.66. The maximum absolute atomic E-state index is 14.5. The predicted molar refractivity (Wildman–Crippen MR) is 181 cm³/mol. The van der Waals surface area contributed by atoms with Crippen LogP contribution >= 0.6 is 23.2 Å². The van der Waals surface area contributed by atoms with Gasteiger partial charge in [-0.25, -0.2) is 8.42 Å². The number of amides is 2. The van der Waals surface area contributed by atoms with Crippen molar-refractivity contribution >= 4 is 50.7 Å². The first-order chi connectivity index (χ1) is 22.0. The van der Waals surface area contributed by atoms with Crippen LogP contribution in [0.3, 0.4) is 0 Å². The van der Waals surface area contributed by atoms with Crippen LogP contribution in [0.2, 0.25) is 10.0 Å². The molecule has 1 aliphatic rings. The van der Waals surface area contributed by atoms with Crippen molar-refractivity contribution in [3.63, 3.8) is 0 Å². The summed E-state index contributed by atoms with van der Waals surface area (Å²) in [6.07, 6.45) is 5.18. The van der Waals surface area contributed by atoms with Crippen molar-refractivity contribution in [1.29, 1.82) is 0 Å². The van der Waals surface area contributed by atoms with Crippen molar-refractivity contribution in [3.05, 3.63) is 81.8 Å². The van der Waals surface area contributed by atoms with E-state index in [2.05, 4.69) is 5.32 Å². The molecule has 0 spiro atoms. The van der Waals surface area contributed by atoms with Crippen LogP contribution in [0.4, 0.5) is 5.69 Å². The van der Waals surface area contributed by atoms with Crippen molar-refractivity contribution in [2.45, 2.75) is 75.9 Å². The van der Waals surface area contributed by atoms with E-state index in [0.29, 0.717) is 21.4 Å². The monoisotopic (exact) mass is 689 g/mol. The van der Waals surface area contributed by atoms with Gasteiger partial charge >= 0.3 is 0 Å². The van der Waals surface area contributed by atoms with Crippen LogP contribution in [0, 0.1) is 6.92 Å². The van der Waals surface area contributed by atoms with Gasteiger partial charge in [0.05, 0.1) is 24.8 Å². The van der Waals surface area contributed by atoms with Gasteiger partial charge in [-0.2, -0.15) is 0 Å². The molecule has 0 aromatic heterocycles. The standard InChI is InChI=1S/C34H41Cl2N3O6S/c1-5-30(34(41)37-24-10-7-6-8-11-24)38(21-27-28(35)12-9-13-29(27)36)33(40)22-39(31-20-25(44-3)16-19-32(31)45-4)46(42,43)26-17-14-23(2)15-18-26/h9,12-20,24,30H,5-8,10-11,21-22H2,1-4H3,(H,37,41). The Kier molecular flexibility index (Phi) is 12.2. The average molecular weight is 691 g/mol. The summed E-state index contributed by atoms with van der Waals surface area (Å²) in [6, 6.07) is 15.2. The summed E-state index contributed by atoms with van der Waals surface area (Å²) in [5.74, 6) is -0.350. The molecule has 0 saturated heterocycles. The fraction of sp³-hybridized carbons (Fsp3) is 0.412. The molecule has 0 radical (unpaired) electrons. The molecule has 0 heterocycles. The first-order valence-electron chi connectivity index (χ1n) is 15.3. The molecule has 3 aromatic rings. The van der Waals surface area contributed by atoms with E-state index in [-0.39, 0.29) is 41.2 Å². The normalized spacial score (nSPS) is 14.3. The largest absolute Gasteiger partial charge is 0.497 e. The molecule has 3 aromatic carbocycles. The Bertz CT molecular complexity index is 1610. The van der Waals surface area contributed by atoms with Crippen LogP contribution in [-0.4, -0.2) is 58.0 Å². The van der Waals surface area contributed by atoms with E-state index in [0.717, 1.165) is 42.0 Å². The van der Waals surface area contributed by atoms with E-state index >= 15 is 0 Å². The van der Waals surface area contributed by atoms with Crippen LogP contribution in [0.15, 0.2) is 65.6 Å². The number of nitrogens with one attached hydrogen (secondary N) is 1. The number of sulfonamides is 1. The lowest BCUT2D eigenvalue weighted by molar-refractivity contribution is -0.140. The molecule has 46 heavy (non-hydrogen) atoms. The minimum Gasteiger partial charge on any atom is -0.497 e. The number of rotatable bonds is 13. The summed E-state index contributed by atoms with van der Waals surface area (Å²) in [7, 11) is -1.45. The Morgan fingerprint density at radius 1 is 0.957 bits per heavy atom. The molecule has 2 amide bonds. The molecule has 4 rings (SSSR count). The van der Waals surface area contributed by atoms with Gasteiger partial charge in [-0.15, -0.1) is 0 Å². The number of aryl methyl sites for hydroxylation is 1. The highest BCUT2D eigenvalue weighted by molar-refractivity contribution is 7.92. The summed E-state index contributed by atoms with van der Waals surface area (Å²) < 4.78 is 40.6. The summed E-state index contributed by atoms with van der Waals surface area (Å²) in [5, 5.41) is 3.78. The Labute approximate surface area is 281 Å². The topological polar surface area (TPSA) is 105 Å². The number of carbonyl (C=O) groups is 2. The highest BCUT2D eigenvalue weighted by atomic mass is 35.5. The van der Waals surface area contributed by atoms with Crippen molar-refractivity contribution in [1.82, 2.24) is 10.2 Å². The number of halogens is 2. The molecule has 0 bridgehead atoms. The van der Waals surface area contributed by atoms with Gasteiger partial charge in [-0.3, -0.25) is 13.9 Å². The number of carbonyl (C=O) groups excluding carboxylic acids is 2. The molecule has 9 nitrogen and oxygen atoms in total. The Morgan fingerprint density at radius 2 is 1.61 bits per heavy atom. The summed E-state index contributed by atoms with van der Waals surface area (Å²) in [5.41, 5.74) is 1.43. The summed E-state index contributed by atoms with van der Waals surface area (Å²) >= 11 is 13.1. The Morgan fingerprint density at radius 3 is 2.20 bits per heavy atom. The van der Waals surface area contributed by atoms with Crippen LogP contribution in [0.5, 0.6) is 11.5 Å². The zero-order chi connectivity index (χ0) is 33.4. The molecular weight excluding hydrogens is 649 g/mol.